The van der Waals surface area contributed by atoms with Crippen LogP contribution in [0.25, 0.3) is 0 Å². The SMILES string of the molecule is COc1cc(OC)cc(C(=O)NC[C@H]2CCCN(C(=O)NC3CCCCC3)C2)c1. The lowest BCUT2D eigenvalue weighted by atomic mass is 9.95. The molecule has 29 heavy (non-hydrogen) atoms. The molecule has 1 heterocycles. The molecule has 0 spiro atoms. The molecule has 1 aromatic rings. The monoisotopic (exact) mass is 403 g/mol. The maximum Gasteiger partial charge on any atom is 0.317 e. The van der Waals surface area contributed by atoms with Gasteiger partial charge in [0.2, 0.25) is 0 Å². The summed E-state index contributed by atoms with van der Waals surface area (Å²) in [6.07, 6.45) is 7.83. The summed E-state index contributed by atoms with van der Waals surface area (Å²) in [5, 5.41) is 6.20. The number of amides is 3. The maximum atomic E-state index is 12.6. The van der Waals surface area contributed by atoms with Gasteiger partial charge in [-0.15, -0.1) is 0 Å². The lowest BCUT2D eigenvalue weighted by Gasteiger charge is -2.34. The van der Waals surface area contributed by atoms with Crippen LogP contribution in [-0.2, 0) is 0 Å². The summed E-state index contributed by atoms with van der Waals surface area (Å²) in [5.74, 6) is 1.26. The van der Waals surface area contributed by atoms with Gasteiger partial charge in [-0.1, -0.05) is 19.3 Å². The van der Waals surface area contributed by atoms with Gasteiger partial charge < -0.3 is 25.0 Å². The van der Waals surface area contributed by atoms with Crippen LogP contribution >= 0.6 is 0 Å². The first kappa shape index (κ1) is 21.3. The first-order chi connectivity index (χ1) is 14.1. The van der Waals surface area contributed by atoms with Crippen molar-refractivity contribution in [2.75, 3.05) is 33.9 Å². The number of nitrogens with zero attached hydrogens (tertiary/aromatic N) is 1. The Hall–Kier alpha value is -2.44. The van der Waals surface area contributed by atoms with Crippen LogP contribution in [0.15, 0.2) is 18.2 Å². The fraction of sp³-hybridized carbons (Fsp3) is 0.636. The van der Waals surface area contributed by atoms with Crippen LogP contribution in [-0.4, -0.2) is 56.7 Å². The quantitative estimate of drug-likeness (QED) is 0.765. The van der Waals surface area contributed by atoms with Crippen LogP contribution in [0, 0.1) is 5.92 Å². The summed E-state index contributed by atoms with van der Waals surface area (Å²) in [6, 6.07) is 5.50. The van der Waals surface area contributed by atoms with Crippen molar-refractivity contribution >= 4 is 11.9 Å². The Labute approximate surface area is 173 Å². The third-order valence-corrected chi connectivity index (χ3v) is 5.90. The Balaban J connectivity index is 1.50. The maximum absolute atomic E-state index is 12.6. The Bertz CT molecular complexity index is 681. The molecular weight excluding hydrogens is 370 g/mol. The highest BCUT2D eigenvalue weighted by atomic mass is 16.5. The topological polar surface area (TPSA) is 79.9 Å². The number of rotatable bonds is 6. The van der Waals surface area contributed by atoms with E-state index in [4.69, 9.17) is 9.47 Å². The molecule has 3 rings (SSSR count). The zero-order valence-corrected chi connectivity index (χ0v) is 17.5. The van der Waals surface area contributed by atoms with Crippen molar-refractivity contribution in [2.45, 2.75) is 51.0 Å². The number of carbonyl (C=O) groups is 2. The van der Waals surface area contributed by atoms with Gasteiger partial charge in [0.15, 0.2) is 0 Å². The minimum atomic E-state index is -0.161. The second kappa shape index (κ2) is 10.4. The molecule has 1 atom stereocenters. The van der Waals surface area contributed by atoms with E-state index in [1.54, 1.807) is 32.4 Å². The van der Waals surface area contributed by atoms with E-state index < -0.39 is 0 Å². The number of piperidine rings is 1. The molecule has 2 aliphatic rings. The van der Waals surface area contributed by atoms with Gasteiger partial charge in [-0.05, 0) is 43.7 Å². The van der Waals surface area contributed by atoms with Crippen LogP contribution in [0.1, 0.15) is 55.3 Å². The molecule has 1 aliphatic carbocycles. The molecule has 0 unspecified atom stereocenters. The highest BCUT2D eigenvalue weighted by Gasteiger charge is 2.26. The van der Waals surface area contributed by atoms with Crippen LogP contribution in [0.5, 0.6) is 11.5 Å². The van der Waals surface area contributed by atoms with E-state index >= 15 is 0 Å². The second-order valence-electron chi connectivity index (χ2n) is 8.05. The Morgan fingerprint density at radius 2 is 1.69 bits per heavy atom. The van der Waals surface area contributed by atoms with Crippen molar-refractivity contribution in [1.29, 1.82) is 0 Å². The van der Waals surface area contributed by atoms with Crippen LogP contribution in [0.4, 0.5) is 4.79 Å². The number of hydrogen-bond acceptors (Lipinski definition) is 4. The molecular formula is C22H33N3O4. The van der Waals surface area contributed by atoms with Gasteiger partial charge >= 0.3 is 6.03 Å². The lowest BCUT2D eigenvalue weighted by Crippen LogP contribution is -2.50. The average molecular weight is 404 g/mol. The Kier molecular flexibility index (Phi) is 7.61. The molecule has 3 amide bonds. The van der Waals surface area contributed by atoms with E-state index in [-0.39, 0.29) is 17.9 Å². The first-order valence-electron chi connectivity index (χ1n) is 10.7. The van der Waals surface area contributed by atoms with Gasteiger partial charge in [0.05, 0.1) is 14.2 Å². The molecule has 7 nitrogen and oxygen atoms in total. The zero-order valence-electron chi connectivity index (χ0n) is 17.5. The molecule has 0 radical (unpaired) electrons. The van der Waals surface area contributed by atoms with Gasteiger partial charge in [0.1, 0.15) is 11.5 Å². The predicted molar refractivity (Wildman–Crippen MR) is 112 cm³/mol. The van der Waals surface area contributed by atoms with E-state index in [2.05, 4.69) is 10.6 Å². The van der Waals surface area contributed by atoms with Crippen molar-refractivity contribution in [3.05, 3.63) is 23.8 Å². The number of hydrogen-bond donors (Lipinski definition) is 2. The number of ether oxygens (including phenoxy) is 2. The summed E-state index contributed by atoms with van der Waals surface area (Å²) in [4.78, 5) is 27.1. The van der Waals surface area contributed by atoms with Crippen molar-refractivity contribution in [2.24, 2.45) is 5.92 Å². The van der Waals surface area contributed by atoms with Crippen molar-refractivity contribution in [3.63, 3.8) is 0 Å². The van der Waals surface area contributed by atoms with Crippen molar-refractivity contribution in [3.8, 4) is 11.5 Å². The highest BCUT2D eigenvalue weighted by Crippen LogP contribution is 2.23. The number of likely N-dealkylation sites (tertiary alicyclic amines) is 1. The third-order valence-electron chi connectivity index (χ3n) is 5.90. The molecule has 160 valence electrons. The first-order valence-corrected chi connectivity index (χ1v) is 10.7. The van der Waals surface area contributed by atoms with E-state index in [1.165, 1.54) is 19.3 Å². The molecule has 2 fully saturated rings. The van der Waals surface area contributed by atoms with Gasteiger partial charge in [-0.2, -0.15) is 0 Å². The number of nitrogens with one attached hydrogen (secondary N) is 2. The minimum absolute atomic E-state index is 0.0467. The Morgan fingerprint density at radius 3 is 2.34 bits per heavy atom. The van der Waals surface area contributed by atoms with Crippen LogP contribution in [0.3, 0.4) is 0 Å². The standard InChI is InChI=1S/C22H33N3O4/c1-28-19-11-17(12-20(13-19)29-2)21(26)23-14-16-7-6-10-25(15-16)22(27)24-18-8-4-3-5-9-18/h11-13,16,18H,3-10,14-15H2,1-2H3,(H,23,26)(H,24,27)/t16-/m1/s1. The fourth-order valence-electron chi connectivity index (χ4n) is 4.21. The number of carbonyl (C=O) groups excluding carboxylic acids is 2. The average Bonchev–Trinajstić information content (AvgIpc) is 2.77. The van der Waals surface area contributed by atoms with E-state index in [9.17, 15) is 9.59 Å². The van der Waals surface area contributed by atoms with E-state index in [0.29, 0.717) is 36.2 Å². The molecule has 0 aromatic heterocycles. The molecule has 2 N–H and O–H groups in total. The Morgan fingerprint density at radius 1 is 1.00 bits per heavy atom. The summed E-state index contributed by atoms with van der Waals surface area (Å²) in [7, 11) is 3.12. The minimum Gasteiger partial charge on any atom is -0.497 e. The third kappa shape index (κ3) is 6.02. The molecule has 0 bridgehead atoms. The molecule has 7 heteroatoms. The number of urea groups is 1. The predicted octanol–water partition coefficient (Wildman–Crippen LogP) is 3.19. The number of benzene rings is 1. The van der Waals surface area contributed by atoms with E-state index in [1.807, 2.05) is 4.90 Å². The van der Waals surface area contributed by atoms with Gasteiger partial charge in [0.25, 0.3) is 5.91 Å². The second-order valence-corrected chi connectivity index (χ2v) is 8.05. The molecule has 1 aromatic carbocycles. The molecule has 1 saturated carbocycles. The van der Waals surface area contributed by atoms with Gasteiger partial charge in [-0.3, -0.25) is 4.79 Å². The van der Waals surface area contributed by atoms with Crippen LogP contribution < -0.4 is 20.1 Å². The van der Waals surface area contributed by atoms with Crippen LogP contribution in [0.2, 0.25) is 0 Å². The molecule has 1 aliphatic heterocycles. The lowest BCUT2D eigenvalue weighted by molar-refractivity contribution is 0.0936. The molecule has 1 saturated heterocycles. The largest absolute Gasteiger partial charge is 0.497 e. The summed E-state index contributed by atoms with van der Waals surface area (Å²) in [5.41, 5.74) is 0.504. The normalized spacial score (nSPS) is 20.1. The van der Waals surface area contributed by atoms with Gasteiger partial charge in [0, 0.05) is 37.3 Å². The summed E-state index contributed by atoms with van der Waals surface area (Å²) >= 11 is 0. The number of methoxy groups -OCH3 is 2. The van der Waals surface area contributed by atoms with E-state index in [0.717, 1.165) is 32.2 Å². The summed E-state index contributed by atoms with van der Waals surface area (Å²) in [6.45, 7) is 2.02. The fourth-order valence-corrected chi connectivity index (χ4v) is 4.21. The zero-order chi connectivity index (χ0) is 20.6. The van der Waals surface area contributed by atoms with Crippen molar-refractivity contribution in [1.82, 2.24) is 15.5 Å². The van der Waals surface area contributed by atoms with Gasteiger partial charge in [-0.25, -0.2) is 4.79 Å². The summed E-state index contributed by atoms with van der Waals surface area (Å²) < 4.78 is 10.5. The highest BCUT2D eigenvalue weighted by molar-refractivity contribution is 5.95. The smallest absolute Gasteiger partial charge is 0.317 e. The van der Waals surface area contributed by atoms with Crippen molar-refractivity contribution < 1.29 is 19.1 Å².